The van der Waals surface area contributed by atoms with E-state index >= 15 is 0 Å². The normalized spacial score (nSPS) is 10.1. The molecule has 0 aliphatic carbocycles. The van der Waals surface area contributed by atoms with Crippen LogP contribution in [-0.2, 0) is 0 Å². The number of benzene rings is 2. The molecule has 0 amide bonds. The summed E-state index contributed by atoms with van der Waals surface area (Å²) in [5, 5.41) is 9.09. The molecule has 2 aromatic rings. The summed E-state index contributed by atoms with van der Waals surface area (Å²) in [6.07, 6.45) is 0. The van der Waals surface area contributed by atoms with E-state index in [1.807, 2.05) is 44.0 Å². The number of hydrogen-bond acceptors (Lipinski definition) is 2. The van der Waals surface area contributed by atoms with Gasteiger partial charge in [0.1, 0.15) is 17.4 Å². The highest BCUT2D eigenvalue weighted by atomic mass is 19.1. The molecule has 0 fully saturated rings. The van der Waals surface area contributed by atoms with Gasteiger partial charge in [-0.1, -0.05) is 12.1 Å². The molecule has 2 rings (SSSR count). The summed E-state index contributed by atoms with van der Waals surface area (Å²) in [6.45, 7) is 4.03. The van der Waals surface area contributed by atoms with E-state index in [-0.39, 0.29) is 5.56 Å². The Hall–Kier alpha value is -2.34. The summed E-state index contributed by atoms with van der Waals surface area (Å²) in [7, 11) is 1.84. The largest absolute Gasteiger partial charge is 0.343 e. The van der Waals surface area contributed by atoms with Crippen LogP contribution in [0.1, 0.15) is 16.7 Å². The van der Waals surface area contributed by atoms with E-state index in [9.17, 15) is 4.39 Å². The maximum atomic E-state index is 13.6. The molecule has 3 heteroatoms. The van der Waals surface area contributed by atoms with Gasteiger partial charge >= 0.3 is 0 Å². The Kier molecular flexibility index (Phi) is 3.52. The maximum Gasteiger partial charge on any atom is 0.143 e. The highest BCUT2D eigenvalue weighted by Gasteiger charge is 2.13. The van der Waals surface area contributed by atoms with Gasteiger partial charge in [0.05, 0.1) is 5.69 Å². The van der Waals surface area contributed by atoms with Crippen molar-refractivity contribution in [1.82, 2.24) is 0 Å². The zero-order valence-corrected chi connectivity index (χ0v) is 11.2. The number of halogens is 1. The van der Waals surface area contributed by atoms with E-state index < -0.39 is 5.82 Å². The summed E-state index contributed by atoms with van der Waals surface area (Å²) in [5.41, 5.74) is 3.87. The highest BCUT2D eigenvalue weighted by Crippen LogP contribution is 2.29. The standard InChI is InChI=1S/C16H15FN2/c1-11-7-12(2)9-13(8-11)19(3)16-6-4-5-15(17)14(16)10-18/h4-9H,1-3H3. The van der Waals surface area contributed by atoms with Gasteiger partial charge in [0.25, 0.3) is 0 Å². The van der Waals surface area contributed by atoms with Gasteiger partial charge in [-0.05, 0) is 49.2 Å². The third-order valence-electron chi connectivity index (χ3n) is 3.06. The zero-order chi connectivity index (χ0) is 14.0. The van der Waals surface area contributed by atoms with Crippen molar-refractivity contribution in [3.63, 3.8) is 0 Å². The van der Waals surface area contributed by atoms with E-state index in [4.69, 9.17) is 5.26 Å². The van der Waals surface area contributed by atoms with Crippen LogP contribution in [0.25, 0.3) is 0 Å². The van der Waals surface area contributed by atoms with Crippen LogP contribution in [0, 0.1) is 31.0 Å². The van der Waals surface area contributed by atoms with Gasteiger partial charge in [-0.2, -0.15) is 5.26 Å². The second-order valence-corrected chi connectivity index (χ2v) is 4.65. The smallest absolute Gasteiger partial charge is 0.143 e. The van der Waals surface area contributed by atoms with Crippen LogP contribution in [-0.4, -0.2) is 7.05 Å². The Morgan fingerprint density at radius 2 is 1.74 bits per heavy atom. The molecule has 0 atom stereocenters. The zero-order valence-electron chi connectivity index (χ0n) is 11.2. The van der Waals surface area contributed by atoms with Crippen LogP contribution in [0.2, 0.25) is 0 Å². The van der Waals surface area contributed by atoms with E-state index in [0.717, 1.165) is 16.8 Å². The number of nitriles is 1. The van der Waals surface area contributed by atoms with Crippen molar-refractivity contribution in [3.05, 3.63) is 58.9 Å². The Morgan fingerprint density at radius 1 is 1.11 bits per heavy atom. The summed E-state index contributed by atoms with van der Waals surface area (Å²) >= 11 is 0. The molecule has 0 N–H and O–H groups in total. The van der Waals surface area contributed by atoms with Crippen LogP contribution < -0.4 is 4.90 Å². The third kappa shape index (κ3) is 2.58. The van der Waals surface area contributed by atoms with Crippen molar-refractivity contribution < 1.29 is 4.39 Å². The second kappa shape index (κ2) is 5.11. The fraction of sp³-hybridized carbons (Fsp3) is 0.188. The van der Waals surface area contributed by atoms with E-state index in [1.54, 1.807) is 12.1 Å². The van der Waals surface area contributed by atoms with Crippen molar-refractivity contribution in [3.8, 4) is 6.07 Å². The molecule has 0 aliphatic rings. The lowest BCUT2D eigenvalue weighted by molar-refractivity contribution is 0.624. The summed E-state index contributed by atoms with van der Waals surface area (Å²) in [4.78, 5) is 1.83. The van der Waals surface area contributed by atoms with Crippen molar-refractivity contribution in [2.45, 2.75) is 13.8 Å². The fourth-order valence-corrected chi connectivity index (χ4v) is 2.19. The molecular weight excluding hydrogens is 239 g/mol. The molecule has 0 bridgehead atoms. The quantitative estimate of drug-likeness (QED) is 0.807. The highest BCUT2D eigenvalue weighted by molar-refractivity contribution is 5.69. The van der Waals surface area contributed by atoms with Crippen LogP contribution in [0.15, 0.2) is 36.4 Å². The molecule has 2 nitrogen and oxygen atoms in total. The van der Waals surface area contributed by atoms with E-state index in [1.165, 1.54) is 6.07 Å². The minimum Gasteiger partial charge on any atom is -0.343 e. The topological polar surface area (TPSA) is 27.0 Å². The minimum atomic E-state index is -0.490. The van der Waals surface area contributed by atoms with Crippen molar-refractivity contribution in [2.75, 3.05) is 11.9 Å². The summed E-state index contributed by atoms with van der Waals surface area (Å²) in [6, 6.07) is 12.7. The van der Waals surface area contributed by atoms with Gasteiger partial charge < -0.3 is 4.90 Å². The van der Waals surface area contributed by atoms with Gasteiger partial charge in [-0.3, -0.25) is 0 Å². The molecule has 96 valence electrons. The maximum absolute atomic E-state index is 13.6. The Labute approximate surface area is 112 Å². The van der Waals surface area contributed by atoms with Crippen LogP contribution in [0.5, 0.6) is 0 Å². The molecule has 0 unspecified atom stereocenters. The molecule has 0 spiro atoms. The first-order valence-electron chi connectivity index (χ1n) is 6.03. The third-order valence-corrected chi connectivity index (χ3v) is 3.06. The predicted molar refractivity (Wildman–Crippen MR) is 75.1 cm³/mol. The average Bonchev–Trinajstić information content (AvgIpc) is 2.36. The first-order chi connectivity index (χ1) is 9.02. The predicted octanol–water partition coefficient (Wildman–Crippen LogP) is 4.08. The molecule has 0 heterocycles. The van der Waals surface area contributed by atoms with Crippen LogP contribution in [0.4, 0.5) is 15.8 Å². The Balaban J connectivity index is 2.53. The lowest BCUT2D eigenvalue weighted by Gasteiger charge is -2.21. The summed E-state index contributed by atoms with van der Waals surface area (Å²) in [5.74, 6) is -0.490. The monoisotopic (exact) mass is 254 g/mol. The molecule has 0 saturated carbocycles. The first kappa shape index (κ1) is 13.1. The molecule has 2 aromatic carbocycles. The van der Waals surface area contributed by atoms with E-state index in [2.05, 4.69) is 6.07 Å². The van der Waals surface area contributed by atoms with Gasteiger partial charge in [-0.25, -0.2) is 4.39 Å². The molecule has 0 aromatic heterocycles. The van der Waals surface area contributed by atoms with Crippen LogP contribution >= 0.6 is 0 Å². The molecule has 19 heavy (non-hydrogen) atoms. The fourth-order valence-electron chi connectivity index (χ4n) is 2.19. The van der Waals surface area contributed by atoms with E-state index in [0.29, 0.717) is 5.69 Å². The molecule has 0 saturated heterocycles. The van der Waals surface area contributed by atoms with Crippen LogP contribution in [0.3, 0.4) is 0 Å². The lowest BCUT2D eigenvalue weighted by atomic mass is 10.1. The number of anilines is 2. The Morgan fingerprint density at radius 3 is 2.32 bits per heavy atom. The number of aryl methyl sites for hydroxylation is 2. The lowest BCUT2D eigenvalue weighted by Crippen LogP contribution is -2.12. The Bertz CT molecular complexity index is 636. The second-order valence-electron chi connectivity index (χ2n) is 4.65. The molecule has 0 radical (unpaired) electrons. The van der Waals surface area contributed by atoms with Gasteiger partial charge in [0, 0.05) is 12.7 Å². The number of hydrogen-bond donors (Lipinski definition) is 0. The minimum absolute atomic E-state index is 0.0733. The van der Waals surface area contributed by atoms with Gasteiger partial charge in [0.2, 0.25) is 0 Å². The SMILES string of the molecule is Cc1cc(C)cc(N(C)c2cccc(F)c2C#N)c1. The number of rotatable bonds is 2. The summed E-state index contributed by atoms with van der Waals surface area (Å²) < 4.78 is 13.6. The first-order valence-corrected chi connectivity index (χ1v) is 6.03. The van der Waals surface area contributed by atoms with Crippen molar-refractivity contribution in [1.29, 1.82) is 5.26 Å². The van der Waals surface area contributed by atoms with Gasteiger partial charge in [-0.15, -0.1) is 0 Å². The molecular formula is C16H15FN2. The van der Waals surface area contributed by atoms with Crippen molar-refractivity contribution >= 4 is 11.4 Å². The number of nitrogens with zero attached hydrogens (tertiary/aromatic N) is 2. The van der Waals surface area contributed by atoms with Gasteiger partial charge in [0.15, 0.2) is 0 Å². The van der Waals surface area contributed by atoms with Crippen molar-refractivity contribution in [2.24, 2.45) is 0 Å². The average molecular weight is 254 g/mol. The molecule has 0 aliphatic heterocycles.